The van der Waals surface area contributed by atoms with Crippen LogP contribution in [0.25, 0.3) is 0 Å². The first-order valence-corrected chi connectivity index (χ1v) is 1.96. The van der Waals surface area contributed by atoms with E-state index < -0.39 is 0 Å². The highest BCUT2D eigenvalue weighted by atomic mass is 16.6. The van der Waals surface area contributed by atoms with Gasteiger partial charge in [0.05, 0.1) is 0 Å². The molecular formula is C6H4O. The van der Waals surface area contributed by atoms with E-state index in [1.54, 1.807) is 0 Å². The summed E-state index contributed by atoms with van der Waals surface area (Å²) in [6.07, 6.45) is 9.67. The van der Waals surface area contributed by atoms with Crippen LogP contribution >= 0.6 is 0 Å². The van der Waals surface area contributed by atoms with E-state index in [2.05, 4.69) is 11.8 Å². The number of ether oxygens (including phenoxy) is 1. The van der Waals surface area contributed by atoms with Gasteiger partial charge in [-0.15, -0.1) is 12.8 Å². The highest BCUT2D eigenvalue weighted by molar-refractivity contribution is 5.19. The van der Waals surface area contributed by atoms with Gasteiger partial charge >= 0.3 is 0 Å². The monoisotopic (exact) mass is 92.0 g/mol. The van der Waals surface area contributed by atoms with Crippen LogP contribution in [-0.2, 0) is 4.74 Å². The van der Waals surface area contributed by atoms with Crippen molar-refractivity contribution in [3.63, 3.8) is 0 Å². The van der Waals surface area contributed by atoms with Crippen LogP contribution in [0.3, 0.4) is 0 Å². The number of rotatable bonds is 0. The van der Waals surface area contributed by atoms with Crippen molar-refractivity contribution in [1.29, 1.82) is 0 Å². The van der Waals surface area contributed by atoms with Crippen LogP contribution < -0.4 is 0 Å². The zero-order chi connectivity index (χ0) is 5.28. The molecule has 34 valence electrons. The second-order valence-corrected chi connectivity index (χ2v) is 1.31. The third-order valence-electron chi connectivity index (χ3n) is 0.820. The Morgan fingerprint density at radius 1 is 1.14 bits per heavy atom. The van der Waals surface area contributed by atoms with Crippen molar-refractivity contribution in [2.75, 3.05) is 0 Å². The molecule has 1 heterocycles. The third-order valence-corrected chi connectivity index (χ3v) is 0.820. The lowest BCUT2D eigenvalue weighted by atomic mass is 10.3. The fraction of sp³-hybridized carbons (Fsp3) is 0.333. The van der Waals surface area contributed by atoms with Gasteiger partial charge in [-0.1, -0.05) is 11.8 Å². The summed E-state index contributed by atoms with van der Waals surface area (Å²) in [5, 5.41) is 0. The number of hydrogen-bond donors (Lipinski definition) is 0. The molecule has 0 saturated carbocycles. The Kier molecular flexibility index (Phi) is 0.785. The van der Waals surface area contributed by atoms with E-state index in [9.17, 15) is 0 Å². The molecule has 1 aliphatic rings. The minimum Gasteiger partial charge on any atom is -0.342 e. The molecule has 0 N–H and O–H groups in total. The van der Waals surface area contributed by atoms with E-state index in [0.717, 1.165) is 0 Å². The molecule has 1 fully saturated rings. The molecule has 0 aromatic rings. The van der Waals surface area contributed by atoms with Crippen molar-refractivity contribution in [1.82, 2.24) is 0 Å². The summed E-state index contributed by atoms with van der Waals surface area (Å²) < 4.78 is 4.74. The maximum absolute atomic E-state index is 4.93. The van der Waals surface area contributed by atoms with Gasteiger partial charge in [0.1, 0.15) is 0 Å². The maximum atomic E-state index is 4.93. The van der Waals surface area contributed by atoms with Gasteiger partial charge in [0, 0.05) is 0 Å². The van der Waals surface area contributed by atoms with Gasteiger partial charge in [-0.25, -0.2) is 0 Å². The van der Waals surface area contributed by atoms with E-state index >= 15 is 0 Å². The second-order valence-electron chi connectivity index (χ2n) is 1.31. The largest absolute Gasteiger partial charge is 0.342 e. The van der Waals surface area contributed by atoms with E-state index in [0.29, 0.717) is 0 Å². The molecule has 0 aliphatic carbocycles. The topological polar surface area (TPSA) is 12.5 Å². The lowest BCUT2D eigenvalue weighted by Gasteiger charge is -1.61. The minimum atomic E-state index is -0.0926. The second kappa shape index (κ2) is 1.30. The van der Waals surface area contributed by atoms with Gasteiger partial charge in [-0.2, -0.15) is 0 Å². The van der Waals surface area contributed by atoms with Crippen LogP contribution in [0.15, 0.2) is 0 Å². The average Bonchev–Trinajstić information content (AvgIpc) is 2.43. The molecule has 1 nitrogen and oxygen atoms in total. The molecule has 1 rings (SSSR count). The summed E-state index contributed by atoms with van der Waals surface area (Å²) in [5.74, 6) is 4.75. The fourth-order valence-electron chi connectivity index (χ4n) is 0.366. The summed E-state index contributed by atoms with van der Waals surface area (Å²) in [5.41, 5.74) is 0. The summed E-state index contributed by atoms with van der Waals surface area (Å²) in [7, 11) is 0. The van der Waals surface area contributed by atoms with Crippen molar-refractivity contribution in [2.45, 2.75) is 12.2 Å². The first-order valence-electron chi connectivity index (χ1n) is 1.96. The SMILES string of the molecule is C#C[C@@H]1O[C@@H]1C#C. The van der Waals surface area contributed by atoms with Gasteiger partial charge in [-0.05, 0) is 0 Å². The minimum absolute atomic E-state index is 0.0926. The Bertz CT molecular complexity index is 129. The lowest BCUT2D eigenvalue weighted by Crippen LogP contribution is -1.82. The predicted octanol–water partition coefficient (Wildman–Crippen LogP) is 0.0202. The predicted molar refractivity (Wildman–Crippen MR) is 26.3 cm³/mol. The Labute approximate surface area is 42.7 Å². The number of epoxide rings is 1. The molecule has 0 radical (unpaired) electrons. The molecule has 0 aromatic carbocycles. The highest BCUT2D eigenvalue weighted by Crippen LogP contribution is 2.18. The smallest absolute Gasteiger partial charge is 0.157 e. The molecule has 0 unspecified atom stereocenters. The molecule has 0 amide bonds. The van der Waals surface area contributed by atoms with Crippen LogP contribution in [0.5, 0.6) is 0 Å². The highest BCUT2D eigenvalue weighted by Gasteiger charge is 2.34. The molecule has 1 saturated heterocycles. The van der Waals surface area contributed by atoms with Crippen molar-refractivity contribution in [3.05, 3.63) is 0 Å². The zero-order valence-corrected chi connectivity index (χ0v) is 3.72. The first-order chi connectivity index (χ1) is 3.38. The molecule has 1 heteroatoms. The number of terminal acetylenes is 2. The summed E-state index contributed by atoms with van der Waals surface area (Å²) in [6.45, 7) is 0. The Morgan fingerprint density at radius 3 is 1.71 bits per heavy atom. The van der Waals surface area contributed by atoms with Crippen LogP contribution in [0.4, 0.5) is 0 Å². The first kappa shape index (κ1) is 4.24. The standard InChI is InChI=1S/C6H4O/c1-3-5-6(4-2)7-5/h1-2,5-6H/t5-,6+. The molecule has 2 atom stereocenters. The third kappa shape index (κ3) is 0.585. The fourth-order valence-corrected chi connectivity index (χ4v) is 0.366. The van der Waals surface area contributed by atoms with E-state index in [1.807, 2.05) is 0 Å². The van der Waals surface area contributed by atoms with Crippen LogP contribution in [-0.4, -0.2) is 12.2 Å². The lowest BCUT2D eigenvalue weighted by molar-refractivity contribution is 0.421. The van der Waals surface area contributed by atoms with Crippen molar-refractivity contribution >= 4 is 0 Å². The van der Waals surface area contributed by atoms with Crippen LogP contribution in [0.2, 0.25) is 0 Å². The maximum Gasteiger partial charge on any atom is 0.157 e. The van der Waals surface area contributed by atoms with E-state index in [-0.39, 0.29) is 12.2 Å². The van der Waals surface area contributed by atoms with Gasteiger partial charge in [0.25, 0.3) is 0 Å². The Hall–Kier alpha value is -0.920. The summed E-state index contributed by atoms with van der Waals surface area (Å²) >= 11 is 0. The van der Waals surface area contributed by atoms with Gasteiger partial charge in [0.2, 0.25) is 0 Å². The summed E-state index contributed by atoms with van der Waals surface area (Å²) in [6, 6.07) is 0. The molecule has 0 aromatic heterocycles. The van der Waals surface area contributed by atoms with E-state index in [4.69, 9.17) is 17.6 Å². The average molecular weight is 92.1 g/mol. The molecule has 0 spiro atoms. The molecular weight excluding hydrogens is 88.1 g/mol. The van der Waals surface area contributed by atoms with Crippen LogP contribution in [0, 0.1) is 24.7 Å². The van der Waals surface area contributed by atoms with Crippen molar-refractivity contribution in [2.24, 2.45) is 0 Å². The Morgan fingerprint density at radius 2 is 1.57 bits per heavy atom. The van der Waals surface area contributed by atoms with Crippen LogP contribution in [0.1, 0.15) is 0 Å². The van der Waals surface area contributed by atoms with Gasteiger partial charge in [-0.3, -0.25) is 0 Å². The van der Waals surface area contributed by atoms with Crippen molar-refractivity contribution in [3.8, 4) is 24.7 Å². The molecule has 1 aliphatic heterocycles. The van der Waals surface area contributed by atoms with Gasteiger partial charge < -0.3 is 4.74 Å². The summed E-state index contributed by atoms with van der Waals surface area (Å²) in [4.78, 5) is 0. The van der Waals surface area contributed by atoms with E-state index in [1.165, 1.54) is 0 Å². The zero-order valence-electron chi connectivity index (χ0n) is 3.72. The van der Waals surface area contributed by atoms with Gasteiger partial charge in [0.15, 0.2) is 12.2 Å². The number of hydrogen-bond acceptors (Lipinski definition) is 1. The molecule has 0 bridgehead atoms. The normalized spacial score (nSPS) is 35.7. The Balaban J connectivity index is 2.39. The van der Waals surface area contributed by atoms with Crippen molar-refractivity contribution < 1.29 is 4.74 Å². The molecule has 7 heavy (non-hydrogen) atoms. The quantitative estimate of drug-likeness (QED) is 0.303.